The molecule has 1 aromatic heterocycles. The highest BCUT2D eigenvalue weighted by molar-refractivity contribution is 6.31. The molecule has 0 saturated carbocycles. The molecule has 0 aliphatic rings. The number of halogens is 1. The van der Waals surface area contributed by atoms with Crippen LogP contribution in [0.3, 0.4) is 0 Å². The van der Waals surface area contributed by atoms with E-state index in [4.69, 9.17) is 11.6 Å². The maximum Gasteiger partial charge on any atom is 0.197 e. The molecule has 0 amide bonds. The Labute approximate surface area is 96.5 Å². The quantitative estimate of drug-likeness (QED) is 0.590. The third-order valence-corrected chi connectivity index (χ3v) is 2.90. The monoisotopic (exact) mass is 229 g/mol. The van der Waals surface area contributed by atoms with Gasteiger partial charge >= 0.3 is 0 Å². The first-order valence-corrected chi connectivity index (χ1v) is 5.34. The van der Waals surface area contributed by atoms with Crippen molar-refractivity contribution in [1.29, 1.82) is 0 Å². The Hall–Kier alpha value is -1.80. The van der Waals surface area contributed by atoms with E-state index in [0.29, 0.717) is 15.8 Å². The Morgan fingerprint density at radius 1 is 0.938 bits per heavy atom. The molecule has 0 aliphatic carbocycles. The van der Waals surface area contributed by atoms with Crippen LogP contribution in [0.4, 0.5) is 0 Å². The van der Waals surface area contributed by atoms with Crippen molar-refractivity contribution >= 4 is 33.4 Å². The van der Waals surface area contributed by atoms with Crippen LogP contribution < -0.4 is 5.43 Å². The molecule has 0 spiro atoms. The standard InChI is InChI=1S/C13H8ClNO/c14-8-5-6-12-10(7-8)13(16)9-3-1-2-4-11(9)15-12/h1-7H,(H,15,16). The van der Waals surface area contributed by atoms with E-state index in [-0.39, 0.29) is 5.43 Å². The smallest absolute Gasteiger partial charge is 0.197 e. The zero-order valence-corrected chi connectivity index (χ0v) is 9.08. The minimum absolute atomic E-state index is 0.0202. The molecule has 3 rings (SSSR count). The summed E-state index contributed by atoms with van der Waals surface area (Å²) < 4.78 is 0. The summed E-state index contributed by atoms with van der Waals surface area (Å²) in [6.07, 6.45) is 0. The van der Waals surface area contributed by atoms with E-state index in [1.54, 1.807) is 12.1 Å². The van der Waals surface area contributed by atoms with E-state index in [9.17, 15) is 4.79 Å². The van der Waals surface area contributed by atoms with E-state index < -0.39 is 0 Å². The highest BCUT2D eigenvalue weighted by Crippen LogP contribution is 2.18. The molecule has 16 heavy (non-hydrogen) atoms. The summed E-state index contributed by atoms with van der Waals surface area (Å²) in [5.74, 6) is 0. The SMILES string of the molecule is O=c1c2ccccc2[nH]c2ccc(Cl)cc12. The lowest BCUT2D eigenvalue weighted by molar-refractivity contribution is 1.48. The van der Waals surface area contributed by atoms with Gasteiger partial charge < -0.3 is 4.98 Å². The summed E-state index contributed by atoms with van der Waals surface area (Å²) >= 11 is 5.89. The largest absolute Gasteiger partial charge is 0.354 e. The number of fused-ring (bicyclic) bond motifs is 2. The van der Waals surface area contributed by atoms with Crippen LogP contribution in [0.2, 0.25) is 5.02 Å². The van der Waals surface area contributed by atoms with Gasteiger partial charge in [-0.25, -0.2) is 0 Å². The van der Waals surface area contributed by atoms with Crippen LogP contribution in [0, 0.1) is 0 Å². The Morgan fingerprint density at radius 2 is 1.69 bits per heavy atom. The van der Waals surface area contributed by atoms with Crippen molar-refractivity contribution in [2.24, 2.45) is 0 Å². The second kappa shape index (κ2) is 3.35. The first-order chi connectivity index (χ1) is 7.75. The second-order valence-corrected chi connectivity index (χ2v) is 4.13. The van der Waals surface area contributed by atoms with Crippen LogP contribution in [0.25, 0.3) is 21.8 Å². The summed E-state index contributed by atoms with van der Waals surface area (Å²) in [5, 5.41) is 1.90. The molecule has 0 saturated heterocycles. The van der Waals surface area contributed by atoms with Gasteiger partial charge in [0.15, 0.2) is 5.43 Å². The third-order valence-electron chi connectivity index (χ3n) is 2.67. The van der Waals surface area contributed by atoms with Crippen LogP contribution in [-0.2, 0) is 0 Å². The van der Waals surface area contributed by atoms with Gasteiger partial charge in [-0.1, -0.05) is 23.7 Å². The highest BCUT2D eigenvalue weighted by Gasteiger charge is 2.04. The molecular weight excluding hydrogens is 222 g/mol. The minimum Gasteiger partial charge on any atom is -0.354 e. The summed E-state index contributed by atoms with van der Waals surface area (Å²) in [6.45, 7) is 0. The fourth-order valence-electron chi connectivity index (χ4n) is 1.89. The molecule has 0 fully saturated rings. The molecule has 2 nitrogen and oxygen atoms in total. The van der Waals surface area contributed by atoms with Crippen LogP contribution >= 0.6 is 11.6 Å². The molecular formula is C13H8ClNO. The Balaban J connectivity index is 2.61. The lowest BCUT2D eigenvalue weighted by atomic mass is 10.1. The van der Waals surface area contributed by atoms with Crippen LogP contribution in [0.15, 0.2) is 47.3 Å². The molecule has 3 heteroatoms. The number of H-pyrrole nitrogens is 1. The van der Waals surface area contributed by atoms with Gasteiger partial charge in [0.25, 0.3) is 0 Å². The Kier molecular flexibility index (Phi) is 1.98. The van der Waals surface area contributed by atoms with Crippen molar-refractivity contribution in [1.82, 2.24) is 4.98 Å². The lowest BCUT2D eigenvalue weighted by Gasteiger charge is -2.02. The van der Waals surface area contributed by atoms with E-state index in [0.717, 1.165) is 11.0 Å². The summed E-state index contributed by atoms with van der Waals surface area (Å²) in [5.41, 5.74) is 1.68. The number of hydrogen-bond acceptors (Lipinski definition) is 1. The van der Waals surface area contributed by atoms with Crippen molar-refractivity contribution in [3.63, 3.8) is 0 Å². The van der Waals surface area contributed by atoms with Gasteiger partial charge in [0, 0.05) is 26.8 Å². The van der Waals surface area contributed by atoms with Crippen molar-refractivity contribution in [2.75, 3.05) is 0 Å². The van der Waals surface area contributed by atoms with Gasteiger partial charge in [0.2, 0.25) is 0 Å². The van der Waals surface area contributed by atoms with Gasteiger partial charge in [-0.05, 0) is 30.3 Å². The number of aromatic amines is 1. The van der Waals surface area contributed by atoms with Crippen LogP contribution in [0.5, 0.6) is 0 Å². The molecule has 2 aromatic carbocycles. The molecule has 0 radical (unpaired) electrons. The number of rotatable bonds is 0. The fourth-order valence-corrected chi connectivity index (χ4v) is 2.07. The maximum atomic E-state index is 12.2. The van der Waals surface area contributed by atoms with E-state index in [1.807, 2.05) is 30.3 Å². The van der Waals surface area contributed by atoms with Crippen molar-refractivity contribution in [3.8, 4) is 0 Å². The molecule has 0 atom stereocenters. The predicted octanol–water partition coefficient (Wildman–Crippen LogP) is 3.33. The summed E-state index contributed by atoms with van der Waals surface area (Å²) in [6, 6.07) is 12.8. The molecule has 0 aliphatic heterocycles. The van der Waals surface area contributed by atoms with E-state index in [2.05, 4.69) is 4.98 Å². The number of benzene rings is 2. The van der Waals surface area contributed by atoms with E-state index >= 15 is 0 Å². The molecule has 0 unspecified atom stereocenters. The van der Waals surface area contributed by atoms with Crippen molar-refractivity contribution < 1.29 is 0 Å². The fraction of sp³-hybridized carbons (Fsp3) is 0. The van der Waals surface area contributed by atoms with E-state index in [1.165, 1.54) is 0 Å². The molecule has 0 bridgehead atoms. The lowest BCUT2D eigenvalue weighted by Crippen LogP contribution is -2.03. The van der Waals surface area contributed by atoms with Crippen LogP contribution in [-0.4, -0.2) is 4.98 Å². The second-order valence-electron chi connectivity index (χ2n) is 3.69. The predicted molar refractivity (Wildman–Crippen MR) is 67.1 cm³/mol. The van der Waals surface area contributed by atoms with Gasteiger partial charge in [0.05, 0.1) is 0 Å². The molecule has 1 N–H and O–H groups in total. The number of pyridine rings is 1. The average molecular weight is 230 g/mol. The van der Waals surface area contributed by atoms with Gasteiger partial charge in [-0.15, -0.1) is 0 Å². The summed E-state index contributed by atoms with van der Waals surface area (Å²) in [4.78, 5) is 15.4. The minimum atomic E-state index is 0.0202. The summed E-state index contributed by atoms with van der Waals surface area (Å²) in [7, 11) is 0. The number of aromatic nitrogens is 1. The number of nitrogens with one attached hydrogen (secondary N) is 1. The molecule has 78 valence electrons. The maximum absolute atomic E-state index is 12.2. The van der Waals surface area contributed by atoms with Crippen molar-refractivity contribution in [2.45, 2.75) is 0 Å². The van der Waals surface area contributed by atoms with Gasteiger partial charge in [0.1, 0.15) is 0 Å². The Bertz CT molecular complexity index is 746. The van der Waals surface area contributed by atoms with Crippen molar-refractivity contribution in [3.05, 3.63) is 57.7 Å². The third kappa shape index (κ3) is 1.31. The molecule has 1 heterocycles. The van der Waals surface area contributed by atoms with Gasteiger partial charge in [-0.3, -0.25) is 4.79 Å². The highest BCUT2D eigenvalue weighted by atomic mass is 35.5. The normalized spacial score (nSPS) is 11.1. The topological polar surface area (TPSA) is 32.9 Å². The number of para-hydroxylation sites is 1. The first kappa shape index (κ1) is 9.43. The zero-order valence-electron chi connectivity index (χ0n) is 8.33. The Morgan fingerprint density at radius 3 is 2.56 bits per heavy atom. The first-order valence-electron chi connectivity index (χ1n) is 4.96. The van der Waals surface area contributed by atoms with Crippen LogP contribution in [0.1, 0.15) is 0 Å². The number of hydrogen-bond donors (Lipinski definition) is 1. The molecule has 3 aromatic rings. The zero-order chi connectivity index (χ0) is 11.1. The average Bonchev–Trinajstić information content (AvgIpc) is 2.31. The van der Waals surface area contributed by atoms with Gasteiger partial charge in [-0.2, -0.15) is 0 Å².